The van der Waals surface area contributed by atoms with E-state index in [1.807, 2.05) is 33.8 Å². The van der Waals surface area contributed by atoms with Crippen LogP contribution < -0.4 is 0 Å². The molecule has 0 bridgehead atoms. The molecule has 0 radical (unpaired) electrons. The highest BCUT2D eigenvalue weighted by Crippen LogP contribution is 2.04. The number of carbonyl (C=O) groups excluding carboxylic acids is 1. The van der Waals surface area contributed by atoms with Gasteiger partial charge in [-0.05, 0) is 38.8 Å². The summed E-state index contributed by atoms with van der Waals surface area (Å²) in [6, 6.07) is 0. The SMILES string of the molecule is C/C=C(/CC)C(=O)C=C(C)C. The standard InChI is InChI=1S/C10H16O/c1-5-9(6-2)10(11)7-8(3)4/h5,7H,6H2,1-4H3/b9-5-. The molecule has 0 aliphatic heterocycles. The second-order valence-electron chi connectivity index (χ2n) is 2.75. The van der Waals surface area contributed by atoms with Crippen LogP contribution in [0.4, 0.5) is 0 Å². The largest absolute Gasteiger partial charge is 0.290 e. The van der Waals surface area contributed by atoms with Crippen molar-refractivity contribution in [1.29, 1.82) is 0 Å². The van der Waals surface area contributed by atoms with Gasteiger partial charge in [-0.3, -0.25) is 4.79 Å². The lowest BCUT2D eigenvalue weighted by atomic mass is 10.1. The lowest BCUT2D eigenvalue weighted by Crippen LogP contribution is -1.97. The highest BCUT2D eigenvalue weighted by atomic mass is 16.1. The molecule has 0 saturated heterocycles. The van der Waals surface area contributed by atoms with Crippen LogP contribution in [0.1, 0.15) is 34.1 Å². The van der Waals surface area contributed by atoms with Gasteiger partial charge in [0.1, 0.15) is 0 Å². The van der Waals surface area contributed by atoms with Crippen molar-refractivity contribution in [2.75, 3.05) is 0 Å². The van der Waals surface area contributed by atoms with Crippen LogP contribution >= 0.6 is 0 Å². The number of carbonyl (C=O) groups is 1. The molecule has 0 heterocycles. The summed E-state index contributed by atoms with van der Waals surface area (Å²) in [5, 5.41) is 0. The first-order valence-corrected chi connectivity index (χ1v) is 3.96. The van der Waals surface area contributed by atoms with Gasteiger partial charge in [-0.2, -0.15) is 0 Å². The minimum atomic E-state index is 0.148. The molecule has 0 aliphatic rings. The van der Waals surface area contributed by atoms with E-state index >= 15 is 0 Å². The van der Waals surface area contributed by atoms with Crippen LogP contribution in [0.2, 0.25) is 0 Å². The Morgan fingerprint density at radius 2 is 1.91 bits per heavy atom. The molecule has 0 aromatic carbocycles. The summed E-state index contributed by atoms with van der Waals surface area (Å²) in [7, 11) is 0. The van der Waals surface area contributed by atoms with Crippen molar-refractivity contribution < 1.29 is 4.79 Å². The van der Waals surface area contributed by atoms with E-state index < -0.39 is 0 Å². The fraction of sp³-hybridized carbons (Fsp3) is 0.500. The first-order chi connectivity index (χ1) is 5.11. The second kappa shape index (κ2) is 4.89. The van der Waals surface area contributed by atoms with Gasteiger partial charge >= 0.3 is 0 Å². The van der Waals surface area contributed by atoms with Crippen LogP contribution in [0.5, 0.6) is 0 Å². The van der Waals surface area contributed by atoms with Gasteiger partial charge in [0.25, 0.3) is 0 Å². The lowest BCUT2D eigenvalue weighted by molar-refractivity contribution is -0.111. The van der Waals surface area contributed by atoms with E-state index in [1.165, 1.54) is 0 Å². The maximum Gasteiger partial charge on any atom is 0.181 e. The van der Waals surface area contributed by atoms with E-state index in [-0.39, 0.29) is 5.78 Å². The molecular weight excluding hydrogens is 136 g/mol. The Kier molecular flexibility index (Phi) is 4.51. The molecule has 0 atom stereocenters. The highest BCUT2D eigenvalue weighted by molar-refractivity contribution is 6.04. The molecule has 11 heavy (non-hydrogen) atoms. The summed E-state index contributed by atoms with van der Waals surface area (Å²) in [4.78, 5) is 11.3. The van der Waals surface area contributed by atoms with Crippen molar-refractivity contribution in [3.05, 3.63) is 23.3 Å². The third-order valence-electron chi connectivity index (χ3n) is 1.47. The minimum absolute atomic E-state index is 0.148. The smallest absolute Gasteiger partial charge is 0.181 e. The van der Waals surface area contributed by atoms with Crippen molar-refractivity contribution in [2.45, 2.75) is 34.1 Å². The van der Waals surface area contributed by atoms with Gasteiger partial charge in [-0.25, -0.2) is 0 Å². The molecule has 0 rings (SSSR count). The van der Waals surface area contributed by atoms with Gasteiger partial charge in [-0.1, -0.05) is 18.6 Å². The first kappa shape index (κ1) is 10.2. The van der Waals surface area contributed by atoms with Gasteiger partial charge in [0, 0.05) is 0 Å². The molecule has 0 aliphatic carbocycles. The quantitative estimate of drug-likeness (QED) is 0.568. The molecule has 0 amide bonds. The summed E-state index contributed by atoms with van der Waals surface area (Å²) in [6.45, 7) is 7.75. The Labute approximate surface area is 68.8 Å². The Bertz CT molecular complexity index is 193. The maximum absolute atomic E-state index is 11.3. The van der Waals surface area contributed by atoms with E-state index in [0.717, 1.165) is 17.6 Å². The van der Waals surface area contributed by atoms with Crippen LogP contribution in [0.25, 0.3) is 0 Å². The topological polar surface area (TPSA) is 17.1 Å². The Morgan fingerprint density at radius 3 is 2.18 bits per heavy atom. The van der Waals surface area contributed by atoms with Gasteiger partial charge in [0.15, 0.2) is 5.78 Å². The molecule has 0 aromatic rings. The third kappa shape index (κ3) is 3.76. The van der Waals surface area contributed by atoms with E-state index in [1.54, 1.807) is 6.08 Å². The monoisotopic (exact) mass is 152 g/mol. The van der Waals surface area contributed by atoms with Crippen LogP contribution in [0, 0.1) is 0 Å². The molecule has 62 valence electrons. The molecule has 0 fully saturated rings. The van der Waals surface area contributed by atoms with Crippen molar-refractivity contribution in [3.8, 4) is 0 Å². The molecule has 1 heteroatoms. The summed E-state index contributed by atoms with van der Waals surface area (Å²) >= 11 is 0. The number of rotatable bonds is 3. The first-order valence-electron chi connectivity index (χ1n) is 3.96. The van der Waals surface area contributed by atoms with Gasteiger partial charge in [0.2, 0.25) is 0 Å². The van der Waals surface area contributed by atoms with E-state index in [9.17, 15) is 4.79 Å². The van der Waals surface area contributed by atoms with Crippen LogP contribution in [-0.2, 0) is 4.79 Å². The average molecular weight is 152 g/mol. The highest BCUT2D eigenvalue weighted by Gasteiger charge is 2.01. The van der Waals surface area contributed by atoms with E-state index in [2.05, 4.69) is 0 Å². The second-order valence-corrected chi connectivity index (χ2v) is 2.75. The summed E-state index contributed by atoms with van der Waals surface area (Å²) < 4.78 is 0. The minimum Gasteiger partial charge on any atom is -0.290 e. The van der Waals surface area contributed by atoms with Gasteiger partial charge in [0.05, 0.1) is 0 Å². The van der Waals surface area contributed by atoms with Crippen LogP contribution in [-0.4, -0.2) is 5.78 Å². The van der Waals surface area contributed by atoms with E-state index in [4.69, 9.17) is 0 Å². The Morgan fingerprint density at radius 1 is 1.36 bits per heavy atom. The molecule has 0 saturated carbocycles. The van der Waals surface area contributed by atoms with E-state index in [0.29, 0.717) is 0 Å². The van der Waals surface area contributed by atoms with Crippen LogP contribution in [0.3, 0.4) is 0 Å². The fourth-order valence-electron chi connectivity index (χ4n) is 0.876. The average Bonchev–Trinajstić information content (AvgIpc) is 1.88. The number of allylic oxidation sites excluding steroid dienone is 4. The molecule has 0 unspecified atom stereocenters. The normalized spacial score (nSPS) is 11.1. The third-order valence-corrected chi connectivity index (χ3v) is 1.47. The molecular formula is C10H16O. The summed E-state index contributed by atoms with van der Waals surface area (Å²) in [6.07, 6.45) is 4.37. The number of ketones is 1. The van der Waals surface area contributed by atoms with Gasteiger partial charge in [-0.15, -0.1) is 0 Å². The predicted molar refractivity (Wildman–Crippen MR) is 48.5 cm³/mol. The van der Waals surface area contributed by atoms with Gasteiger partial charge < -0.3 is 0 Å². The van der Waals surface area contributed by atoms with Crippen molar-refractivity contribution >= 4 is 5.78 Å². The predicted octanol–water partition coefficient (Wildman–Crippen LogP) is 2.88. The van der Waals surface area contributed by atoms with Crippen molar-refractivity contribution in [1.82, 2.24) is 0 Å². The summed E-state index contributed by atoms with van der Waals surface area (Å²) in [5.74, 6) is 0.148. The lowest BCUT2D eigenvalue weighted by Gasteiger charge is -1.97. The van der Waals surface area contributed by atoms with Crippen LogP contribution in [0.15, 0.2) is 23.3 Å². The van der Waals surface area contributed by atoms with Crippen molar-refractivity contribution in [2.24, 2.45) is 0 Å². The zero-order valence-corrected chi connectivity index (χ0v) is 7.77. The maximum atomic E-state index is 11.3. The van der Waals surface area contributed by atoms with Crippen molar-refractivity contribution in [3.63, 3.8) is 0 Å². The Hall–Kier alpha value is -0.850. The number of hydrogen-bond donors (Lipinski definition) is 0. The summed E-state index contributed by atoms with van der Waals surface area (Å²) in [5.41, 5.74) is 1.95. The Balaban J connectivity index is 4.37. The fourth-order valence-corrected chi connectivity index (χ4v) is 0.876. The molecule has 0 N–H and O–H groups in total. The molecule has 0 spiro atoms. The molecule has 0 aromatic heterocycles. The molecule has 1 nitrogen and oxygen atoms in total. The number of hydrogen-bond acceptors (Lipinski definition) is 1. The zero-order chi connectivity index (χ0) is 8.85. The zero-order valence-electron chi connectivity index (χ0n) is 7.77.